The largest absolute Gasteiger partial charge is 0.437 e. The van der Waals surface area contributed by atoms with Crippen molar-refractivity contribution in [3.63, 3.8) is 0 Å². The van der Waals surface area contributed by atoms with Gasteiger partial charge < -0.3 is 10.5 Å². The molecule has 0 spiro atoms. The van der Waals surface area contributed by atoms with Crippen LogP contribution in [0, 0.1) is 17.1 Å². The number of hydrogen-bond donors (Lipinski definition) is 1. The Morgan fingerprint density at radius 3 is 2.78 bits per heavy atom. The predicted molar refractivity (Wildman–Crippen MR) is 64.8 cm³/mol. The van der Waals surface area contributed by atoms with Crippen LogP contribution in [-0.4, -0.2) is 4.98 Å². The molecule has 0 atom stereocenters. The Morgan fingerprint density at radius 2 is 2.17 bits per heavy atom. The summed E-state index contributed by atoms with van der Waals surface area (Å²) in [5.74, 6) is -0.171. The Labute approximate surface area is 107 Å². The maximum Gasteiger partial charge on any atom is 0.219 e. The number of nitrogens with zero attached hydrogens (tertiary/aromatic N) is 2. The Kier molecular flexibility index (Phi) is 3.31. The molecule has 0 saturated heterocycles. The van der Waals surface area contributed by atoms with Crippen LogP contribution in [0.5, 0.6) is 11.6 Å². The molecule has 2 aromatic rings. The number of halogens is 2. The van der Waals surface area contributed by atoms with Crippen LogP contribution in [-0.2, 0) is 0 Å². The van der Waals surface area contributed by atoms with E-state index in [2.05, 4.69) is 4.98 Å². The second-order valence-corrected chi connectivity index (χ2v) is 3.81. The molecule has 0 aliphatic rings. The molecule has 2 rings (SSSR count). The summed E-state index contributed by atoms with van der Waals surface area (Å²) < 4.78 is 18.4. The highest BCUT2D eigenvalue weighted by atomic mass is 35.5. The van der Waals surface area contributed by atoms with E-state index < -0.39 is 5.82 Å². The van der Waals surface area contributed by atoms with Crippen LogP contribution < -0.4 is 10.5 Å². The highest BCUT2D eigenvalue weighted by Gasteiger charge is 2.09. The minimum absolute atomic E-state index is 0.0666. The molecule has 4 nitrogen and oxygen atoms in total. The van der Waals surface area contributed by atoms with Crippen LogP contribution in [0.2, 0.25) is 5.02 Å². The lowest BCUT2D eigenvalue weighted by atomic mass is 10.3. The van der Waals surface area contributed by atoms with Crippen molar-refractivity contribution in [2.75, 3.05) is 5.73 Å². The first-order chi connectivity index (χ1) is 8.60. The molecule has 2 N–H and O–H groups in total. The van der Waals surface area contributed by atoms with Gasteiger partial charge >= 0.3 is 0 Å². The van der Waals surface area contributed by atoms with Crippen LogP contribution in [0.3, 0.4) is 0 Å². The van der Waals surface area contributed by atoms with Crippen molar-refractivity contribution in [2.24, 2.45) is 0 Å². The Hall–Kier alpha value is -2.32. The number of benzene rings is 1. The highest BCUT2D eigenvalue weighted by molar-refractivity contribution is 6.32. The lowest BCUT2D eigenvalue weighted by molar-refractivity contribution is 0.462. The number of aromatic nitrogens is 1. The number of anilines is 1. The third-order valence-corrected chi connectivity index (χ3v) is 2.43. The van der Waals surface area contributed by atoms with Crippen LogP contribution >= 0.6 is 11.6 Å². The van der Waals surface area contributed by atoms with Crippen molar-refractivity contribution in [3.8, 4) is 17.7 Å². The Bertz CT molecular complexity index is 622. The van der Waals surface area contributed by atoms with Crippen molar-refractivity contribution in [1.29, 1.82) is 5.26 Å². The third-order valence-electron chi connectivity index (χ3n) is 2.13. The van der Waals surface area contributed by atoms with Gasteiger partial charge in [0.15, 0.2) is 0 Å². The van der Waals surface area contributed by atoms with E-state index in [1.54, 1.807) is 6.07 Å². The molecular weight excluding hydrogens is 257 g/mol. The number of nitrogen functional groups attached to an aromatic ring is 1. The molecule has 0 fully saturated rings. The van der Waals surface area contributed by atoms with Gasteiger partial charge in [-0.3, -0.25) is 0 Å². The number of ether oxygens (including phenoxy) is 1. The number of nitrogens with two attached hydrogens (primary N) is 1. The van der Waals surface area contributed by atoms with Crippen molar-refractivity contribution >= 4 is 17.3 Å². The molecule has 18 heavy (non-hydrogen) atoms. The zero-order valence-electron chi connectivity index (χ0n) is 9.02. The third kappa shape index (κ3) is 2.50. The average Bonchev–Trinajstić information content (AvgIpc) is 2.37. The Balaban J connectivity index is 2.28. The summed E-state index contributed by atoms with van der Waals surface area (Å²) in [5, 5.41) is 8.71. The molecule has 0 aliphatic carbocycles. The zero-order valence-corrected chi connectivity index (χ0v) is 9.78. The van der Waals surface area contributed by atoms with Gasteiger partial charge in [0, 0.05) is 18.3 Å². The zero-order chi connectivity index (χ0) is 13.1. The van der Waals surface area contributed by atoms with E-state index >= 15 is 0 Å². The summed E-state index contributed by atoms with van der Waals surface area (Å²) in [7, 11) is 0. The SMILES string of the molecule is N#Cc1ccc(Oc2cc(N)c(F)cc2Cl)nc1. The smallest absolute Gasteiger partial charge is 0.219 e. The maximum atomic E-state index is 13.1. The highest BCUT2D eigenvalue weighted by Crippen LogP contribution is 2.31. The van der Waals surface area contributed by atoms with Gasteiger partial charge in [-0.25, -0.2) is 9.37 Å². The summed E-state index contributed by atoms with van der Waals surface area (Å²) in [4.78, 5) is 3.90. The van der Waals surface area contributed by atoms with Crippen LogP contribution in [0.1, 0.15) is 5.56 Å². The number of nitriles is 1. The van der Waals surface area contributed by atoms with Gasteiger partial charge in [-0.15, -0.1) is 0 Å². The van der Waals surface area contributed by atoms with E-state index in [9.17, 15) is 4.39 Å². The molecule has 1 aromatic heterocycles. The molecule has 0 aliphatic heterocycles. The van der Waals surface area contributed by atoms with Gasteiger partial charge in [0.1, 0.15) is 17.6 Å². The van der Waals surface area contributed by atoms with E-state index in [0.29, 0.717) is 5.56 Å². The predicted octanol–water partition coefficient (Wildman–Crippen LogP) is 3.12. The van der Waals surface area contributed by atoms with Crippen molar-refractivity contribution in [2.45, 2.75) is 0 Å². The Morgan fingerprint density at radius 1 is 1.39 bits per heavy atom. The van der Waals surface area contributed by atoms with E-state index in [0.717, 1.165) is 6.07 Å². The number of pyridine rings is 1. The summed E-state index contributed by atoms with van der Waals surface area (Å²) >= 11 is 5.81. The topological polar surface area (TPSA) is 71.9 Å². The number of hydrogen-bond acceptors (Lipinski definition) is 4. The fraction of sp³-hybridized carbons (Fsp3) is 0. The molecule has 0 unspecified atom stereocenters. The van der Waals surface area contributed by atoms with Crippen molar-refractivity contribution in [1.82, 2.24) is 4.98 Å². The first-order valence-electron chi connectivity index (χ1n) is 4.88. The number of rotatable bonds is 2. The second kappa shape index (κ2) is 4.90. The molecule has 1 aromatic carbocycles. The van der Waals surface area contributed by atoms with Crippen molar-refractivity contribution < 1.29 is 9.13 Å². The minimum atomic E-state index is -0.611. The first kappa shape index (κ1) is 12.1. The van der Waals surface area contributed by atoms with Gasteiger partial charge in [-0.2, -0.15) is 5.26 Å². The van der Waals surface area contributed by atoms with Gasteiger partial charge in [0.05, 0.1) is 16.3 Å². The molecule has 1 heterocycles. The fourth-order valence-electron chi connectivity index (χ4n) is 1.24. The lowest BCUT2D eigenvalue weighted by Gasteiger charge is -2.07. The standard InChI is InChI=1S/C12H7ClFN3O/c13-8-3-9(14)10(16)4-11(8)18-12-2-1-7(5-15)6-17-12/h1-4,6H,16H2. The van der Waals surface area contributed by atoms with Gasteiger partial charge in [0.2, 0.25) is 5.88 Å². The molecule has 6 heteroatoms. The maximum absolute atomic E-state index is 13.1. The van der Waals surface area contributed by atoms with E-state index in [1.165, 1.54) is 18.3 Å². The summed E-state index contributed by atoms with van der Waals surface area (Å²) in [6.07, 6.45) is 1.36. The van der Waals surface area contributed by atoms with Crippen LogP contribution in [0.15, 0.2) is 30.5 Å². The van der Waals surface area contributed by atoms with E-state index in [1.807, 2.05) is 6.07 Å². The second-order valence-electron chi connectivity index (χ2n) is 3.40. The molecule has 0 bridgehead atoms. The minimum Gasteiger partial charge on any atom is -0.437 e. The monoisotopic (exact) mass is 263 g/mol. The van der Waals surface area contributed by atoms with Gasteiger partial charge in [-0.05, 0) is 12.1 Å². The van der Waals surface area contributed by atoms with E-state index in [-0.39, 0.29) is 22.3 Å². The van der Waals surface area contributed by atoms with Crippen LogP contribution in [0.4, 0.5) is 10.1 Å². The van der Waals surface area contributed by atoms with E-state index in [4.69, 9.17) is 27.3 Å². The molecule has 0 saturated carbocycles. The lowest BCUT2D eigenvalue weighted by Crippen LogP contribution is -1.94. The normalized spacial score (nSPS) is 9.83. The average molecular weight is 264 g/mol. The molecule has 0 amide bonds. The fourth-order valence-corrected chi connectivity index (χ4v) is 1.43. The van der Waals surface area contributed by atoms with Crippen LogP contribution in [0.25, 0.3) is 0 Å². The first-order valence-corrected chi connectivity index (χ1v) is 5.26. The quantitative estimate of drug-likeness (QED) is 0.845. The van der Waals surface area contributed by atoms with Gasteiger partial charge in [-0.1, -0.05) is 11.6 Å². The molecular formula is C12H7ClFN3O. The summed E-state index contributed by atoms with van der Waals surface area (Å²) in [6.45, 7) is 0. The summed E-state index contributed by atoms with van der Waals surface area (Å²) in [6, 6.07) is 7.33. The molecule has 90 valence electrons. The van der Waals surface area contributed by atoms with Gasteiger partial charge in [0.25, 0.3) is 0 Å². The van der Waals surface area contributed by atoms with Crippen molar-refractivity contribution in [3.05, 3.63) is 46.9 Å². The molecule has 0 radical (unpaired) electrons. The summed E-state index contributed by atoms with van der Waals surface area (Å²) in [5.41, 5.74) is 5.75.